The Bertz CT molecular complexity index is 523. The van der Waals surface area contributed by atoms with Crippen molar-refractivity contribution in [2.45, 2.75) is 6.92 Å². The predicted octanol–water partition coefficient (Wildman–Crippen LogP) is 0.913. The Morgan fingerprint density at radius 1 is 1.27 bits per heavy atom. The van der Waals surface area contributed by atoms with E-state index in [-0.39, 0.29) is 12.5 Å². The van der Waals surface area contributed by atoms with Crippen LogP contribution >= 0.6 is 11.6 Å². The standard InChI is InChI=1S/C15H22ClN5O/c1-2-18-14(22)11-19-15(17)21-9-7-20(8-10-21)13-5-3-12(16)4-6-13/h3-6H,2,7-11H2,1H3,(H2,17,19)(H,18,22). The Hall–Kier alpha value is -1.95. The molecule has 1 aromatic rings. The minimum Gasteiger partial charge on any atom is -0.370 e. The third-order valence-corrected chi connectivity index (χ3v) is 3.81. The van der Waals surface area contributed by atoms with Crippen LogP contribution in [0.3, 0.4) is 0 Å². The highest BCUT2D eigenvalue weighted by atomic mass is 35.5. The van der Waals surface area contributed by atoms with E-state index in [1.807, 2.05) is 36.1 Å². The number of benzene rings is 1. The number of likely N-dealkylation sites (N-methyl/N-ethyl adjacent to an activating group) is 1. The fourth-order valence-electron chi connectivity index (χ4n) is 2.35. The van der Waals surface area contributed by atoms with Crippen LogP contribution < -0.4 is 16.0 Å². The third kappa shape index (κ3) is 4.53. The van der Waals surface area contributed by atoms with Gasteiger partial charge in [0.25, 0.3) is 0 Å². The second-order valence-corrected chi connectivity index (χ2v) is 5.51. The van der Waals surface area contributed by atoms with Gasteiger partial charge in [-0.3, -0.25) is 4.79 Å². The average Bonchev–Trinajstić information content (AvgIpc) is 2.54. The van der Waals surface area contributed by atoms with Crippen molar-refractivity contribution in [3.63, 3.8) is 0 Å². The molecule has 1 aromatic carbocycles. The lowest BCUT2D eigenvalue weighted by Crippen LogP contribution is -2.51. The van der Waals surface area contributed by atoms with Gasteiger partial charge in [-0.05, 0) is 31.2 Å². The molecule has 120 valence electrons. The second kappa shape index (κ2) is 7.89. The van der Waals surface area contributed by atoms with Crippen LogP contribution in [0.1, 0.15) is 6.92 Å². The largest absolute Gasteiger partial charge is 0.370 e. The van der Waals surface area contributed by atoms with Crippen LogP contribution in [-0.4, -0.2) is 56.0 Å². The first-order valence-electron chi connectivity index (χ1n) is 7.42. The van der Waals surface area contributed by atoms with E-state index in [2.05, 4.69) is 15.2 Å². The maximum atomic E-state index is 11.4. The molecule has 0 radical (unpaired) electrons. The number of amides is 1. The van der Waals surface area contributed by atoms with Gasteiger partial charge in [-0.15, -0.1) is 0 Å². The molecule has 1 aliphatic heterocycles. The monoisotopic (exact) mass is 323 g/mol. The Kier molecular flexibility index (Phi) is 5.89. The lowest BCUT2D eigenvalue weighted by Gasteiger charge is -2.36. The lowest BCUT2D eigenvalue weighted by molar-refractivity contribution is -0.119. The zero-order chi connectivity index (χ0) is 15.9. The van der Waals surface area contributed by atoms with E-state index in [9.17, 15) is 4.79 Å². The van der Waals surface area contributed by atoms with E-state index in [4.69, 9.17) is 17.3 Å². The van der Waals surface area contributed by atoms with Crippen LogP contribution in [0.4, 0.5) is 5.69 Å². The normalized spacial score (nSPS) is 15.8. The molecule has 7 heteroatoms. The van der Waals surface area contributed by atoms with E-state index in [0.717, 1.165) is 36.9 Å². The molecule has 0 bridgehead atoms. The quantitative estimate of drug-likeness (QED) is 0.638. The molecule has 1 aliphatic rings. The number of rotatable bonds is 4. The molecule has 0 saturated carbocycles. The fraction of sp³-hybridized carbons (Fsp3) is 0.467. The molecule has 0 aromatic heterocycles. The smallest absolute Gasteiger partial charge is 0.241 e. The van der Waals surface area contributed by atoms with Gasteiger partial charge < -0.3 is 20.9 Å². The number of nitrogens with one attached hydrogen (secondary N) is 1. The Morgan fingerprint density at radius 3 is 2.50 bits per heavy atom. The summed E-state index contributed by atoms with van der Waals surface area (Å²) in [5, 5.41) is 3.44. The first kappa shape index (κ1) is 16.4. The molecular weight excluding hydrogens is 302 g/mol. The van der Waals surface area contributed by atoms with Gasteiger partial charge in [0.15, 0.2) is 5.96 Å². The van der Waals surface area contributed by atoms with E-state index >= 15 is 0 Å². The van der Waals surface area contributed by atoms with Crippen LogP contribution in [-0.2, 0) is 4.79 Å². The summed E-state index contributed by atoms with van der Waals surface area (Å²) < 4.78 is 0. The number of anilines is 1. The van der Waals surface area contributed by atoms with Crippen molar-refractivity contribution in [1.29, 1.82) is 0 Å². The summed E-state index contributed by atoms with van der Waals surface area (Å²) in [4.78, 5) is 19.8. The number of aliphatic imine (C=N–C) groups is 1. The summed E-state index contributed by atoms with van der Waals surface area (Å²) in [5.74, 6) is 0.326. The lowest BCUT2D eigenvalue weighted by atomic mass is 10.2. The number of piperazine rings is 1. The van der Waals surface area contributed by atoms with Gasteiger partial charge in [-0.25, -0.2) is 4.99 Å². The molecule has 1 amide bonds. The summed E-state index contributed by atoms with van der Waals surface area (Å²) >= 11 is 5.91. The molecule has 0 aliphatic carbocycles. The fourth-order valence-corrected chi connectivity index (χ4v) is 2.48. The molecule has 0 spiro atoms. The Morgan fingerprint density at radius 2 is 1.91 bits per heavy atom. The number of nitrogens with zero attached hydrogens (tertiary/aromatic N) is 3. The Labute approximate surface area is 135 Å². The molecule has 22 heavy (non-hydrogen) atoms. The van der Waals surface area contributed by atoms with Crippen molar-refractivity contribution < 1.29 is 4.79 Å². The van der Waals surface area contributed by atoms with Crippen LogP contribution in [0, 0.1) is 0 Å². The first-order valence-corrected chi connectivity index (χ1v) is 7.80. The summed E-state index contributed by atoms with van der Waals surface area (Å²) in [6.07, 6.45) is 0. The average molecular weight is 324 g/mol. The van der Waals surface area contributed by atoms with Crippen molar-refractivity contribution in [3.8, 4) is 0 Å². The minimum atomic E-state index is -0.106. The molecule has 6 nitrogen and oxygen atoms in total. The van der Waals surface area contributed by atoms with Gasteiger partial charge in [-0.1, -0.05) is 11.6 Å². The summed E-state index contributed by atoms with van der Waals surface area (Å²) in [6, 6.07) is 7.83. The first-order chi connectivity index (χ1) is 10.6. The summed E-state index contributed by atoms with van der Waals surface area (Å²) in [5.41, 5.74) is 7.11. The second-order valence-electron chi connectivity index (χ2n) is 5.08. The summed E-state index contributed by atoms with van der Waals surface area (Å²) in [7, 11) is 0. The number of hydrogen-bond acceptors (Lipinski definition) is 3. The number of carbonyl (C=O) groups excluding carboxylic acids is 1. The molecule has 1 fully saturated rings. The van der Waals surface area contributed by atoms with E-state index in [1.54, 1.807) is 0 Å². The maximum Gasteiger partial charge on any atom is 0.241 e. The van der Waals surface area contributed by atoms with Gasteiger partial charge in [0.2, 0.25) is 5.91 Å². The summed E-state index contributed by atoms with van der Waals surface area (Å²) in [6.45, 7) is 5.85. The zero-order valence-corrected chi connectivity index (χ0v) is 13.5. The van der Waals surface area contributed by atoms with E-state index in [1.165, 1.54) is 0 Å². The topological polar surface area (TPSA) is 74.0 Å². The highest BCUT2D eigenvalue weighted by Crippen LogP contribution is 2.19. The number of nitrogens with two attached hydrogens (primary N) is 1. The van der Waals surface area contributed by atoms with Gasteiger partial charge in [0, 0.05) is 43.4 Å². The van der Waals surface area contributed by atoms with Crippen LogP contribution in [0.2, 0.25) is 5.02 Å². The minimum absolute atomic E-state index is 0.0804. The van der Waals surface area contributed by atoms with E-state index < -0.39 is 0 Å². The van der Waals surface area contributed by atoms with Crippen LogP contribution in [0.25, 0.3) is 0 Å². The zero-order valence-electron chi connectivity index (χ0n) is 12.8. The van der Waals surface area contributed by atoms with Crippen molar-refractivity contribution in [1.82, 2.24) is 10.2 Å². The van der Waals surface area contributed by atoms with Crippen molar-refractivity contribution in [2.24, 2.45) is 10.7 Å². The number of carbonyl (C=O) groups is 1. The van der Waals surface area contributed by atoms with Crippen molar-refractivity contribution in [3.05, 3.63) is 29.3 Å². The van der Waals surface area contributed by atoms with Crippen molar-refractivity contribution in [2.75, 3.05) is 44.2 Å². The molecule has 0 unspecified atom stereocenters. The van der Waals surface area contributed by atoms with Gasteiger partial charge >= 0.3 is 0 Å². The maximum absolute atomic E-state index is 11.4. The molecule has 2 rings (SSSR count). The van der Waals surface area contributed by atoms with Crippen LogP contribution in [0.15, 0.2) is 29.3 Å². The predicted molar refractivity (Wildman–Crippen MR) is 90.4 cm³/mol. The third-order valence-electron chi connectivity index (χ3n) is 3.55. The number of guanidine groups is 1. The van der Waals surface area contributed by atoms with Crippen LogP contribution in [0.5, 0.6) is 0 Å². The highest BCUT2D eigenvalue weighted by Gasteiger charge is 2.18. The molecule has 3 N–H and O–H groups in total. The molecule has 1 heterocycles. The van der Waals surface area contributed by atoms with Gasteiger partial charge in [0.1, 0.15) is 6.54 Å². The SMILES string of the molecule is CCNC(=O)CN=C(N)N1CCN(c2ccc(Cl)cc2)CC1. The highest BCUT2D eigenvalue weighted by molar-refractivity contribution is 6.30. The van der Waals surface area contributed by atoms with Gasteiger partial charge in [-0.2, -0.15) is 0 Å². The molecular formula is C15H22ClN5O. The van der Waals surface area contributed by atoms with E-state index in [0.29, 0.717) is 12.5 Å². The Balaban J connectivity index is 1.84. The molecule has 1 saturated heterocycles. The van der Waals surface area contributed by atoms with Crippen molar-refractivity contribution >= 4 is 29.2 Å². The number of halogens is 1. The van der Waals surface area contributed by atoms with Gasteiger partial charge in [0.05, 0.1) is 0 Å². The number of hydrogen-bond donors (Lipinski definition) is 2. The molecule has 0 atom stereocenters.